The highest BCUT2D eigenvalue weighted by Gasteiger charge is 2.36. The van der Waals surface area contributed by atoms with Crippen LogP contribution in [0.3, 0.4) is 0 Å². The molecule has 1 aliphatic rings. The molecule has 0 heterocycles. The van der Waals surface area contributed by atoms with E-state index in [9.17, 15) is 21.6 Å². The molecule has 1 aliphatic carbocycles. The summed E-state index contributed by atoms with van der Waals surface area (Å²) in [6, 6.07) is 4.26. The number of nitrogens with one attached hydrogen (secondary N) is 1. The van der Waals surface area contributed by atoms with Crippen LogP contribution >= 0.6 is 0 Å². The first-order chi connectivity index (χ1) is 9.81. The third kappa shape index (κ3) is 4.20. The van der Waals surface area contributed by atoms with Crippen LogP contribution in [0.4, 0.5) is 13.2 Å². The molecule has 21 heavy (non-hydrogen) atoms. The van der Waals surface area contributed by atoms with Crippen molar-refractivity contribution in [2.75, 3.05) is 6.54 Å². The van der Waals surface area contributed by atoms with Crippen LogP contribution in [0.2, 0.25) is 0 Å². The lowest BCUT2D eigenvalue weighted by Gasteiger charge is -2.22. The van der Waals surface area contributed by atoms with Crippen molar-refractivity contribution < 1.29 is 21.6 Å². The Kier molecular flexibility index (Phi) is 4.93. The van der Waals surface area contributed by atoms with Crippen molar-refractivity contribution in [1.82, 2.24) is 4.72 Å². The number of alkyl halides is 3. The summed E-state index contributed by atoms with van der Waals surface area (Å²) in [7, 11) is -4.14. The summed E-state index contributed by atoms with van der Waals surface area (Å²) in [6.45, 7) is 0.203. The molecule has 3 nitrogen and oxygen atoms in total. The Morgan fingerprint density at radius 3 is 2.33 bits per heavy atom. The fourth-order valence-corrected chi connectivity index (χ4v) is 3.97. The third-order valence-corrected chi connectivity index (χ3v) is 5.25. The molecule has 118 valence electrons. The Morgan fingerprint density at radius 2 is 1.71 bits per heavy atom. The van der Waals surface area contributed by atoms with E-state index in [4.69, 9.17) is 0 Å². The van der Waals surface area contributed by atoms with Crippen molar-refractivity contribution >= 4 is 10.0 Å². The summed E-state index contributed by atoms with van der Waals surface area (Å²) in [4.78, 5) is -0.701. The van der Waals surface area contributed by atoms with Gasteiger partial charge in [0.2, 0.25) is 10.0 Å². The number of rotatable bonds is 4. The van der Waals surface area contributed by atoms with Gasteiger partial charge in [-0.15, -0.1) is 0 Å². The fourth-order valence-electron chi connectivity index (χ4n) is 2.63. The quantitative estimate of drug-likeness (QED) is 0.921. The predicted octanol–water partition coefficient (Wildman–Crippen LogP) is 3.56. The smallest absolute Gasteiger partial charge is 0.211 e. The van der Waals surface area contributed by atoms with Crippen molar-refractivity contribution in [3.63, 3.8) is 0 Å². The minimum atomic E-state index is -4.68. The van der Waals surface area contributed by atoms with E-state index in [0.717, 1.165) is 44.2 Å². The van der Waals surface area contributed by atoms with Gasteiger partial charge < -0.3 is 0 Å². The van der Waals surface area contributed by atoms with Crippen LogP contribution in [0.5, 0.6) is 0 Å². The molecule has 1 aromatic carbocycles. The van der Waals surface area contributed by atoms with Gasteiger partial charge in [0.1, 0.15) is 0 Å². The van der Waals surface area contributed by atoms with E-state index in [-0.39, 0.29) is 12.5 Å². The standard InChI is InChI=1S/C14H18F3NO2S/c15-14(16,17)12-8-4-5-9-13(12)21(19,20)18-10-11-6-2-1-3-7-11/h4-5,8-9,11,18H,1-3,6-7,10H2. The first-order valence-corrected chi connectivity index (χ1v) is 8.45. The number of hydrogen-bond acceptors (Lipinski definition) is 2. The summed E-state index contributed by atoms with van der Waals surface area (Å²) in [6.07, 6.45) is 0.389. The van der Waals surface area contributed by atoms with E-state index >= 15 is 0 Å². The monoisotopic (exact) mass is 321 g/mol. The van der Waals surface area contributed by atoms with Crippen LogP contribution in [0.1, 0.15) is 37.7 Å². The number of hydrogen-bond donors (Lipinski definition) is 1. The van der Waals surface area contributed by atoms with Crippen LogP contribution in [0, 0.1) is 5.92 Å². The van der Waals surface area contributed by atoms with Gasteiger partial charge in [-0.25, -0.2) is 13.1 Å². The second kappa shape index (κ2) is 6.36. The maximum atomic E-state index is 12.9. The molecule has 0 bridgehead atoms. The largest absolute Gasteiger partial charge is 0.417 e. The molecule has 0 radical (unpaired) electrons. The summed E-state index contributed by atoms with van der Waals surface area (Å²) < 4.78 is 65.2. The van der Waals surface area contributed by atoms with E-state index in [1.54, 1.807) is 0 Å². The van der Waals surface area contributed by atoms with Crippen LogP contribution in [-0.2, 0) is 16.2 Å². The zero-order valence-corrected chi connectivity index (χ0v) is 12.3. The Hall–Kier alpha value is -1.08. The summed E-state index contributed by atoms with van der Waals surface area (Å²) >= 11 is 0. The zero-order chi connectivity index (χ0) is 15.5. The van der Waals surface area contributed by atoms with Crippen LogP contribution in [0.15, 0.2) is 29.2 Å². The molecule has 0 amide bonds. The minimum absolute atomic E-state index is 0.203. The lowest BCUT2D eigenvalue weighted by molar-refractivity contribution is -0.139. The van der Waals surface area contributed by atoms with E-state index in [1.807, 2.05) is 0 Å². The molecule has 0 unspecified atom stereocenters. The fraction of sp³-hybridized carbons (Fsp3) is 0.571. The van der Waals surface area contributed by atoms with E-state index < -0.39 is 26.7 Å². The van der Waals surface area contributed by atoms with Gasteiger partial charge in [-0.05, 0) is 30.9 Å². The number of halogens is 3. The predicted molar refractivity (Wildman–Crippen MR) is 73.2 cm³/mol. The molecule has 1 N–H and O–H groups in total. The maximum absolute atomic E-state index is 12.9. The van der Waals surface area contributed by atoms with E-state index in [1.165, 1.54) is 12.1 Å². The Labute approximate surface area is 122 Å². The molecule has 0 aliphatic heterocycles. The molecule has 0 saturated heterocycles. The van der Waals surface area contributed by atoms with Gasteiger partial charge in [-0.3, -0.25) is 0 Å². The average molecular weight is 321 g/mol. The van der Waals surface area contributed by atoms with Crippen LogP contribution < -0.4 is 4.72 Å². The Balaban J connectivity index is 2.16. The van der Waals surface area contributed by atoms with Gasteiger partial charge in [-0.1, -0.05) is 31.4 Å². The summed E-state index contributed by atoms with van der Waals surface area (Å²) in [5.74, 6) is 0.214. The van der Waals surface area contributed by atoms with Gasteiger partial charge in [0.05, 0.1) is 10.5 Å². The highest BCUT2D eigenvalue weighted by atomic mass is 32.2. The molecule has 2 rings (SSSR count). The molecule has 0 spiro atoms. The van der Waals surface area contributed by atoms with Gasteiger partial charge in [0, 0.05) is 6.54 Å². The van der Waals surface area contributed by atoms with E-state index in [0.29, 0.717) is 0 Å². The first-order valence-electron chi connectivity index (χ1n) is 6.96. The highest BCUT2D eigenvalue weighted by molar-refractivity contribution is 7.89. The first kappa shape index (κ1) is 16.3. The topological polar surface area (TPSA) is 46.2 Å². The van der Waals surface area contributed by atoms with Crippen LogP contribution in [0.25, 0.3) is 0 Å². The number of sulfonamides is 1. The van der Waals surface area contributed by atoms with Crippen molar-refractivity contribution in [2.24, 2.45) is 5.92 Å². The van der Waals surface area contributed by atoms with Crippen molar-refractivity contribution in [1.29, 1.82) is 0 Å². The second-order valence-corrected chi connectivity index (χ2v) is 7.09. The molecule has 0 aromatic heterocycles. The summed E-state index contributed by atoms with van der Waals surface area (Å²) in [5.41, 5.74) is -1.12. The average Bonchev–Trinajstić information content (AvgIpc) is 2.45. The lowest BCUT2D eigenvalue weighted by Crippen LogP contribution is -2.31. The molecule has 7 heteroatoms. The highest BCUT2D eigenvalue weighted by Crippen LogP contribution is 2.34. The molecule has 0 atom stereocenters. The third-order valence-electron chi connectivity index (χ3n) is 3.77. The molecular weight excluding hydrogens is 303 g/mol. The Bertz CT molecular complexity index is 578. The lowest BCUT2D eigenvalue weighted by atomic mass is 9.90. The maximum Gasteiger partial charge on any atom is 0.417 e. The van der Waals surface area contributed by atoms with Crippen molar-refractivity contribution in [2.45, 2.75) is 43.2 Å². The molecule has 1 saturated carbocycles. The van der Waals surface area contributed by atoms with Crippen molar-refractivity contribution in [3.05, 3.63) is 29.8 Å². The molecule has 1 aromatic rings. The number of benzene rings is 1. The van der Waals surface area contributed by atoms with Gasteiger partial charge in [0.15, 0.2) is 0 Å². The Morgan fingerprint density at radius 1 is 1.10 bits per heavy atom. The zero-order valence-electron chi connectivity index (χ0n) is 11.5. The van der Waals surface area contributed by atoms with E-state index in [2.05, 4.69) is 4.72 Å². The second-order valence-electron chi connectivity index (χ2n) is 5.35. The van der Waals surface area contributed by atoms with Gasteiger partial charge in [-0.2, -0.15) is 13.2 Å². The summed E-state index contributed by atoms with van der Waals surface area (Å²) in [5, 5.41) is 0. The van der Waals surface area contributed by atoms with Gasteiger partial charge in [0.25, 0.3) is 0 Å². The molecular formula is C14H18F3NO2S. The minimum Gasteiger partial charge on any atom is -0.211 e. The van der Waals surface area contributed by atoms with Crippen LogP contribution in [-0.4, -0.2) is 15.0 Å². The van der Waals surface area contributed by atoms with Crippen molar-refractivity contribution in [3.8, 4) is 0 Å². The molecule has 1 fully saturated rings. The SMILES string of the molecule is O=S(=O)(NCC1CCCCC1)c1ccccc1C(F)(F)F. The normalized spacial score (nSPS) is 17.9. The van der Waals surface area contributed by atoms with Gasteiger partial charge >= 0.3 is 6.18 Å².